The van der Waals surface area contributed by atoms with Gasteiger partial charge < -0.3 is 18.7 Å². The van der Waals surface area contributed by atoms with Gasteiger partial charge in [-0.15, -0.1) is 0 Å². The Morgan fingerprint density at radius 2 is 2.14 bits per heavy atom. The second kappa shape index (κ2) is 11.5. The molecule has 0 aliphatic carbocycles. The Bertz CT molecular complexity index is 1260. The molecule has 12 nitrogen and oxygen atoms in total. The van der Waals surface area contributed by atoms with Gasteiger partial charge in [0, 0.05) is 6.42 Å². The predicted molar refractivity (Wildman–Crippen MR) is 129 cm³/mol. The maximum Gasteiger partial charge on any atom is 0.342 e. The number of para-hydroxylation sites is 1. The molecule has 1 saturated heterocycles. The fourth-order valence-corrected chi connectivity index (χ4v) is 5.45. The fourth-order valence-electron chi connectivity index (χ4n) is 3.59. The molecule has 36 heavy (non-hydrogen) atoms. The Morgan fingerprint density at radius 1 is 1.36 bits per heavy atom. The van der Waals surface area contributed by atoms with Crippen LogP contribution in [0.25, 0.3) is 11.2 Å². The van der Waals surface area contributed by atoms with Crippen molar-refractivity contribution in [2.75, 3.05) is 13.0 Å². The molecule has 1 fully saturated rings. The monoisotopic (exact) mass is 538 g/mol. The van der Waals surface area contributed by atoms with Crippen molar-refractivity contribution in [1.29, 1.82) is 0 Å². The minimum atomic E-state index is -3.81. The molecule has 1 aliphatic rings. The summed E-state index contributed by atoms with van der Waals surface area (Å²) in [4.78, 5) is 24.4. The number of hydrogen-bond acceptors (Lipinski definition) is 10. The van der Waals surface area contributed by atoms with Gasteiger partial charge in [-0.2, -0.15) is 0 Å². The minimum absolute atomic E-state index is 0.135. The van der Waals surface area contributed by atoms with Crippen molar-refractivity contribution in [3.8, 4) is 5.75 Å². The topological polar surface area (TPSA) is 139 Å². The van der Waals surface area contributed by atoms with Crippen LogP contribution in [-0.4, -0.2) is 56.9 Å². The Kier molecular flexibility index (Phi) is 8.38. The number of nitrogens with zero attached hydrogens (tertiary/aromatic N) is 5. The van der Waals surface area contributed by atoms with Crippen LogP contribution < -0.4 is 9.61 Å². The number of ether oxygens (including phenoxy) is 3. The zero-order chi connectivity index (χ0) is 25.7. The molecule has 3 aromatic rings. The Balaban J connectivity index is 1.47. The number of alkyl halides is 1. The van der Waals surface area contributed by atoms with E-state index in [9.17, 15) is 13.8 Å². The molecule has 0 radical (unpaired) electrons. The molecule has 0 spiro atoms. The van der Waals surface area contributed by atoms with Crippen molar-refractivity contribution in [3.05, 3.63) is 43.0 Å². The first-order valence-corrected chi connectivity index (χ1v) is 13.3. The average molecular weight is 538 g/mol. The lowest BCUT2D eigenvalue weighted by Gasteiger charge is -2.24. The number of fused-ring (bicyclic) bond motifs is 1. The van der Waals surface area contributed by atoms with E-state index >= 15 is 0 Å². The number of benzene rings is 1. The van der Waals surface area contributed by atoms with E-state index < -0.39 is 44.6 Å². The highest BCUT2D eigenvalue weighted by atomic mass is 31.2. The van der Waals surface area contributed by atoms with E-state index in [-0.39, 0.29) is 18.8 Å². The summed E-state index contributed by atoms with van der Waals surface area (Å²) in [5, 5.41) is 2.67. The fraction of sp³-hybridized carbons (Fsp3) is 0.429. The van der Waals surface area contributed by atoms with Gasteiger partial charge in [-0.3, -0.25) is 13.9 Å². The molecule has 0 saturated carbocycles. The number of nitrogens with one attached hydrogen (secondary N) is 1. The first kappa shape index (κ1) is 26.2. The molecule has 15 heteroatoms. The Hall–Kier alpha value is -2.82. The van der Waals surface area contributed by atoms with E-state index in [1.165, 1.54) is 24.1 Å². The summed E-state index contributed by atoms with van der Waals surface area (Å²) < 4.78 is 56.0. The molecular weight excluding hydrogens is 513 g/mol. The zero-order valence-electron chi connectivity index (χ0n) is 19.5. The van der Waals surface area contributed by atoms with Crippen molar-refractivity contribution in [3.63, 3.8) is 0 Å². The molecule has 1 aliphatic heterocycles. The number of hydrogen-bond donors (Lipinski definition) is 1. The van der Waals surface area contributed by atoms with Crippen LogP contribution in [0.1, 0.15) is 26.5 Å². The number of aromatic nitrogens is 4. The summed E-state index contributed by atoms with van der Waals surface area (Å²) in [5.74, 6) is -0.00441. The second-order valence-electron chi connectivity index (χ2n) is 7.82. The number of carbonyl (C=O) groups excluding carboxylic acids is 1. The standard InChI is InChI=1S/C21H25FN6O6P2/c1-3-31-21(29)13(2)27-36(30,34-14-7-5-4-6-8-14)12-32-16-9-15(22)20(33-16)28-11-25-17-18(26-35)23-10-24-19(17)28/h4-8,10-11,13,15-16,20,35H,3,9,12H2,1-2H3,(H,27,30)/t13?,15-,16-,20+,36?/m0/s1. The van der Waals surface area contributed by atoms with E-state index in [1.807, 2.05) is 0 Å². The van der Waals surface area contributed by atoms with E-state index in [0.717, 1.165) is 0 Å². The van der Waals surface area contributed by atoms with Crippen LogP contribution in [0.3, 0.4) is 0 Å². The Labute approximate surface area is 208 Å². The SMILES string of the molecule is CCOC(=O)C(C)NP(=O)(CO[C@@H]1C[C@H](F)[C@H](n2cnc3c(N=P)ncnc32)O1)Oc1ccccc1. The predicted octanol–water partition coefficient (Wildman–Crippen LogP) is 4.15. The molecule has 0 amide bonds. The number of rotatable bonds is 11. The number of imidazole rings is 1. The van der Waals surface area contributed by atoms with Gasteiger partial charge in [0.2, 0.25) is 0 Å². The Morgan fingerprint density at radius 3 is 2.86 bits per heavy atom. The van der Waals surface area contributed by atoms with Crippen LogP contribution in [0.15, 0.2) is 47.7 Å². The van der Waals surface area contributed by atoms with Gasteiger partial charge in [-0.05, 0) is 35.0 Å². The largest absolute Gasteiger partial charge is 0.465 e. The third kappa shape index (κ3) is 5.93. The van der Waals surface area contributed by atoms with Gasteiger partial charge >= 0.3 is 13.5 Å². The van der Waals surface area contributed by atoms with Crippen molar-refractivity contribution < 1.29 is 32.5 Å². The number of carbonyl (C=O) groups is 1. The van der Waals surface area contributed by atoms with Gasteiger partial charge in [-0.1, -0.05) is 18.2 Å². The van der Waals surface area contributed by atoms with Gasteiger partial charge in [-0.25, -0.2) is 29.2 Å². The summed E-state index contributed by atoms with van der Waals surface area (Å²) in [6, 6.07) is 7.48. The maximum atomic E-state index is 15.0. The van der Waals surface area contributed by atoms with Crippen molar-refractivity contribution in [2.24, 2.45) is 4.74 Å². The third-order valence-electron chi connectivity index (χ3n) is 5.19. The normalized spacial score (nSPS) is 22.1. The smallest absolute Gasteiger partial charge is 0.342 e. The van der Waals surface area contributed by atoms with Crippen LogP contribution in [0.4, 0.5) is 10.2 Å². The van der Waals surface area contributed by atoms with Gasteiger partial charge in [0.1, 0.15) is 18.1 Å². The summed E-state index contributed by atoms with van der Waals surface area (Å²) in [5.41, 5.74) is 0.698. The van der Waals surface area contributed by atoms with Crippen LogP contribution in [0.5, 0.6) is 5.75 Å². The highest BCUT2D eigenvalue weighted by Gasteiger charge is 2.40. The van der Waals surface area contributed by atoms with Gasteiger partial charge in [0.15, 0.2) is 42.0 Å². The van der Waals surface area contributed by atoms with Gasteiger partial charge in [0.05, 0.1) is 12.9 Å². The van der Waals surface area contributed by atoms with Crippen molar-refractivity contribution in [2.45, 2.75) is 45.0 Å². The molecule has 192 valence electrons. The van der Waals surface area contributed by atoms with E-state index in [4.69, 9.17) is 18.7 Å². The summed E-state index contributed by atoms with van der Waals surface area (Å²) in [7, 11) is -0.781. The average Bonchev–Trinajstić information content (AvgIpc) is 3.46. The van der Waals surface area contributed by atoms with Gasteiger partial charge in [0.25, 0.3) is 0 Å². The minimum Gasteiger partial charge on any atom is -0.465 e. The number of esters is 1. The molecule has 5 atom stereocenters. The summed E-state index contributed by atoms with van der Waals surface area (Å²) in [6.07, 6.45) is -1.56. The van der Waals surface area contributed by atoms with E-state index in [1.54, 1.807) is 37.3 Å². The quantitative estimate of drug-likeness (QED) is 0.280. The molecular formula is C21H25FN6O6P2. The molecule has 4 rings (SSSR count). The van der Waals surface area contributed by atoms with Crippen LogP contribution in [0, 0.1) is 0 Å². The molecule has 3 heterocycles. The van der Waals surface area contributed by atoms with Crippen molar-refractivity contribution >= 4 is 39.5 Å². The highest BCUT2D eigenvalue weighted by Crippen LogP contribution is 2.45. The first-order valence-electron chi connectivity index (χ1n) is 11.1. The lowest BCUT2D eigenvalue weighted by atomic mass is 10.3. The lowest BCUT2D eigenvalue weighted by Crippen LogP contribution is -2.36. The zero-order valence-corrected chi connectivity index (χ0v) is 21.4. The molecule has 2 aromatic heterocycles. The molecule has 2 unspecified atom stereocenters. The van der Waals surface area contributed by atoms with E-state index in [2.05, 4.69) is 33.8 Å². The summed E-state index contributed by atoms with van der Waals surface area (Å²) >= 11 is 0. The molecule has 0 bridgehead atoms. The second-order valence-corrected chi connectivity index (χ2v) is 10.1. The van der Waals surface area contributed by atoms with Crippen molar-refractivity contribution in [1.82, 2.24) is 24.6 Å². The third-order valence-corrected chi connectivity index (χ3v) is 7.18. The molecule has 1 N–H and O–H groups in total. The number of halogens is 1. The highest BCUT2D eigenvalue weighted by molar-refractivity contribution is 7.57. The lowest BCUT2D eigenvalue weighted by molar-refractivity contribution is -0.145. The molecule has 1 aromatic carbocycles. The first-order chi connectivity index (χ1) is 17.3. The van der Waals surface area contributed by atoms with Crippen LogP contribution >= 0.6 is 16.6 Å². The maximum absolute atomic E-state index is 15.0. The summed E-state index contributed by atoms with van der Waals surface area (Å²) in [6.45, 7) is 3.33. The van der Waals surface area contributed by atoms with E-state index in [0.29, 0.717) is 16.9 Å². The van der Waals surface area contributed by atoms with Crippen LogP contribution in [0.2, 0.25) is 0 Å². The van der Waals surface area contributed by atoms with Crippen LogP contribution in [-0.2, 0) is 23.6 Å².